The number of allylic oxidation sites excluding steroid dienone is 1. The van der Waals surface area contributed by atoms with Crippen molar-refractivity contribution in [1.82, 2.24) is 0 Å². The molecule has 1 fully saturated rings. The molecule has 0 N–H and O–H groups in total. The van der Waals surface area contributed by atoms with Gasteiger partial charge in [-0.05, 0) is 0 Å². The summed E-state index contributed by atoms with van der Waals surface area (Å²) >= 11 is -1.73. The van der Waals surface area contributed by atoms with Crippen molar-refractivity contribution in [3.63, 3.8) is 0 Å². The number of ketones is 1. The van der Waals surface area contributed by atoms with E-state index < -0.39 is 13.3 Å². The predicted octanol–water partition coefficient (Wildman–Crippen LogP) is 4.45. The average Bonchev–Trinajstić information content (AvgIpc) is 2.15. The van der Waals surface area contributed by atoms with E-state index in [1.807, 2.05) is 0 Å². The van der Waals surface area contributed by atoms with Crippen molar-refractivity contribution in [1.29, 1.82) is 0 Å². The van der Waals surface area contributed by atoms with Gasteiger partial charge < -0.3 is 0 Å². The molecule has 0 bridgehead atoms. The molecule has 0 unspecified atom stereocenters. The van der Waals surface area contributed by atoms with Gasteiger partial charge in [0, 0.05) is 0 Å². The first-order chi connectivity index (χ1) is 7.71. The maximum absolute atomic E-state index is 11.7. The summed E-state index contributed by atoms with van der Waals surface area (Å²) < 4.78 is 1.48. The van der Waals surface area contributed by atoms with Crippen LogP contribution in [-0.2, 0) is 4.79 Å². The summed E-state index contributed by atoms with van der Waals surface area (Å²) in [6, 6.07) is 0. The van der Waals surface area contributed by atoms with E-state index in [1.54, 1.807) is 0 Å². The summed E-state index contributed by atoms with van der Waals surface area (Å²) in [5.74, 6) is 9.68. The van der Waals surface area contributed by atoms with Gasteiger partial charge in [0.1, 0.15) is 0 Å². The minimum atomic E-state index is -1.73. The second-order valence-corrected chi connectivity index (χ2v) is 17.9. The molecule has 0 aliphatic heterocycles. The van der Waals surface area contributed by atoms with Gasteiger partial charge in [-0.3, -0.25) is 0 Å². The Hall–Kier alpha value is -0.0471. The van der Waals surface area contributed by atoms with Crippen molar-refractivity contribution in [2.24, 2.45) is 17.8 Å². The number of hydrogen-bond acceptors (Lipinski definition) is 1. The van der Waals surface area contributed by atoms with Crippen LogP contribution in [0, 0.1) is 17.8 Å². The maximum atomic E-state index is 11.7. The van der Waals surface area contributed by atoms with Gasteiger partial charge in [-0.1, -0.05) is 0 Å². The third-order valence-electron chi connectivity index (χ3n) is 4.28. The van der Waals surface area contributed by atoms with Gasteiger partial charge in [-0.2, -0.15) is 0 Å². The molecule has 0 amide bonds. The van der Waals surface area contributed by atoms with Crippen molar-refractivity contribution in [3.8, 4) is 0 Å². The molecule has 0 saturated heterocycles. The first-order valence-electron chi connectivity index (χ1n) is 6.91. The van der Waals surface area contributed by atoms with Crippen LogP contribution in [0.5, 0.6) is 0 Å². The Labute approximate surface area is 109 Å². The molecule has 1 aliphatic rings. The minimum absolute atomic E-state index is 0.473. The van der Waals surface area contributed by atoms with E-state index in [0.717, 1.165) is 31.6 Å². The third kappa shape index (κ3) is 4.28. The number of hydrogen-bond donors (Lipinski definition) is 0. The molecule has 0 aromatic carbocycles. The van der Waals surface area contributed by atoms with Crippen LogP contribution < -0.4 is 0 Å². The zero-order valence-corrected chi connectivity index (χ0v) is 14.3. The average molecular weight is 297 g/mol. The Balaban J connectivity index is 2.70. The van der Waals surface area contributed by atoms with Gasteiger partial charge in [0.2, 0.25) is 0 Å². The fraction of sp³-hybridized carbons (Fsp3) is 0.800. The molecule has 17 heavy (non-hydrogen) atoms. The van der Waals surface area contributed by atoms with E-state index in [-0.39, 0.29) is 0 Å². The molecule has 1 nitrogen and oxygen atoms in total. The van der Waals surface area contributed by atoms with Crippen molar-refractivity contribution in [3.05, 3.63) is 11.0 Å². The van der Waals surface area contributed by atoms with Crippen molar-refractivity contribution in [2.45, 2.75) is 56.8 Å². The molecule has 0 aromatic rings. The summed E-state index contributed by atoms with van der Waals surface area (Å²) in [4.78, 5) is 11.7. The molecule has 0 heterocycles. The van der Waals surface area contributed by atoms with E-state index >= 15 is 0 Å². The Morgan fingerprint density at radius 3 is 2.47 bits per heavy atom. The quantitative estimate of drug-likeness (QED) is 0.701. The Kier molecular flexibility index (Phi) is 5.06. The normalized spacial score (nSPS) is 26.4. The Morgan fingerprint density at radius 2 is 2.00 bits per heavy atom. The molecule has 2 atom stereocenters. The van der Waals surface area contributed by atoms with Crippen LogP contribution in [0.3, 0.4) is 0 Å². The predicted molar refractivity (Wildman–Crippen MR) is 77.8 cm³/mol. The summed E-state index contributed by atoms with van der Waals surface area (Å²) in [5.41, 5.74) is 0. The molecular formula is C15H28GeO. The fourth-order valence-corrected chi connectivity index (χ4v) is 4.67. The van der Waals surface area contributed by atoms with Gasteiger partial charge >= 0.3 is 109 Å². The first kappa shape index (κ1) is 15.0. The van der Waals surface area contributed by atoms with E-state index in [1.165, 1.54) is 4.41 Å². The summed E-state index contributed by atoms with van der Waals surface area (Å²) in [5, 5.41) is 0. The number of carbonyl (C=O) groups excluding carboxylic acids is 1. The second kappa shape index (κ2) is 5.73. The zero-order chi connectivity index (χ0) is 13.2. The van der Waals surface area contributed by atoms with Crippen LogP contribution in [0.25, 0.3) is 0 Å². The molecule has 0 aromatic heterocycles. The van der Waals surface area contributed by atoms with Gasteiger partial charge in [-0.25, -0.2) is 0 Å². The molecule has 1 aliphatic carbocycles. The van der Waals surface area contributed by atoms with Crippen molar-refractivity contribution < 1.29 is 4.79 Å². The summed E-state index contributed by atoms with van der Waals surface area (Å²) in [6.45, 7) is 8.91. The van der Waals surface area contributed by atoms with Crippen LogP contribution in [0.4, 0.5) is 0 Å². The standard InChI is InChI=1S/C15H28GeO/c1-11(2)15-8-7-14(17)10-13(15)9-12(3)16(4,5)6/h11,13,15H,3,7-10H2,1-2,4-6H3/t13-,15+/m1/s1. The Morgan fingerprint density at radius 1 is 1.41 bits per heavy atom. The zero-order valence-electron chi connectivity index (χ0n) is 12.2. The van der Waals surface area contributed by atoms with Gasteiger partial charge in [0.25, 0.3) is 0 Å². The second-order valence-electron chi connectivity index (χ2n) is 7.01. The van der Waals surface area contributed by atoms with E-state index in [9.17, 15) is 4.79 Å². The number of Topliss-reactive ketones (excluding diaryl/α,β-unsaturated/α-hetero) is 1. The third-order valence-corrected chi connectivity index (χ3v) is 9.16. The molecule has 1 rings (SSSR count). The number of carbonyl (C=O) groups is 1. The monoisotopic (exact) mass is 298 g/mol. The van der Waals surface area contributed by atoms with Crippen LogP contribution >= 0.6 is 0 Å². The number of rotatable bonds is 4. The molecular weight excluding hydrogens is 269 g/mol. The molecule has 0 spiro atoms. The van der Waals surface area contributed by atoms with E-state index in [0.29, 0.717) is 17.6 Å². The van der Waals surface area contributed by atoms with E-state index in [2.05, 4.69) is 37.7 Å². The summed E-state index contributed by atoms with van der Waals surface area (Å²) in [7, 11) is 0. The Bertz CT molecular complexity index is 299. The first-order valence-corrected chi connectivity index (χ1v) is 14.3. The molecule has 98 valence electrons. The van der Waals surface area contributed by atoms with Crippen molar-refractivity contribution in [2.75, 3.05) is 0 Å². The fourth-order valence-electron chi connectivity index (χ4n) is 2.83. The van der Waals surface area contributed by atoms with E-state index in [4.69, 9.17) is 0 Å². The molecule has 1 saturated carbocycles. The summed E-state index contributed by atoms with van der Waals surface area (Å²) in [6.07, 6.45) is 3.83. The van der Waals surface area contributed by atoms with Crippen LogP contribution in [0.15, 0.2) is 11.0 Å². The van der Waals surface area contributed by atoms with Gasteiger partial charge in [-0.15, -0.1) is 0 Å². The van der Waals surface area contributed by atoms with Gasteiger partial charge in [0.15, 0.2) is 0 Å². The van der Waals surface area contributed by atoms with Crippen LogP contribution in [0.1, 0.15) is 39.5 Å². The molecule has 0 radical (unpaired) electrons. The topological polar surface area (TPSA) is 17.1 Å². The molecule has 2 heteroatoms. The van der Waals surface area contributed by atoms with Crippen LogP contribution in [0.2, 0.25) is 17.3 Å². The van der Waals surface area contributed by atoms with Crippen molar-refractivity contribution >= 4 is 19.0 Å². The van der Waals surface area contributed by atoms with Gasteiger partial charge in [0.05, 0.1) is 0 Å². The van der Waals surface area contributed by atoms with Crippen LogP contribution in [-0.4, -0.2) is 19.0 Å². The SMILES string of the molecule is C=[C](C[C@@H]1CC(=O)CC[C@H]1C(C)C)[Ge]([CH3])([CH3])[CH3].